The van der Waals surface area contributed by atoms with E-state index in [9.17, 15) is 14.4 Å². The number of rotatable bonds is 7. The smallest absolute Gasteiger partial charge is 0.341 e. The number of fused-ring (bicyclic) bond motifs is 1. The van der Waals surface area contributed by atoms with Gasteiger partial charge in [-0.1, -0.05) is 24.3 Å². The van der Waals surface area contributed by atoms with Crippen LogP contribution in [-0.2, 0) is 20.9 Å². The fourth-order valence-corrected chi connectivity index (χ4v) is 2.81. The first-order chi connectivity index (χ1) is 13.4. The van der Waals surface area contributed by atoms with Crippen LogP contribution in [0.3, 0.4) is 0 Å². The molecule has 2 aromatic rings. The maximum Gasteiger partial charge on any atom is 0.341 e. The minimum Gasteiger partial charge on any atom is -0.482 e. The number of carbonyl (C=O) groups excluding carboxylic acids is 2. The second-order valence-electron chi connectivity index (χ2n) is 6.26. The average Bonchev–Trinajstić information content (AvgIpc) is 2.68. The zero-order valence-electron chi connectivity index (χ0n) is 15.3. The molecule has 2 amide bonds. The van der Waals surface area contributed by atoms with Crippen molar-refractivity contribution in [1.82, 2.24) is 5.32 Å². The SMILES string of the molecule is CC1Oc2ccccc2N(CC(=O)NCc2cccc(OCC(=O)O)c2)C1=O. The van der Waals surface area contributed by atoms with Crippen LogP contribution in [0, 0.1) is 0 Å². The topological polar surface area (TPSA) is 105 Å². The number of nitrogens with zero attached hydrogens (tertiary/aromatic N) is 1. The van der Waals surface area contributed by atoms with Crippen molar-refractivity contribution < 1.29 is 29.0 Å². The Labute approximate surface area is 161 Å². The molecule has 1 heterocycles. The number of carboxylic acid groups (broad SMARTS) is 1. The standard InChI is InChI=1S/C20H20N2O6/c1-13-20(26)22(16-7-2-3-8-17(16)28-13)11-18(23)21-10-14-5-4-6-15(9-14)27-12-19(24)25/h2-9,13H,10-12H2,1H3,(H,21,23)(H,24,25). The number of benzene rings is 2. The first-order valence-corrected chi connectivity index (χ1v) is 8.71. The fourth-order valence-electron chi connectivity index (χ4n) is 2.81. The van der Waals surface area contributed by atoms with Gasteiger partial charge >= 0.3 is 5.97 Å². The lowest BCUT2D eigenvalue weighted by molar-refractivity contribution is -0.139. The Kier molecular flexibility index (Phi) is 5.78. The van der Waals surface area contributed by atoms with Gasteiger partial charge in [0.2, 0.25) is 5.91 Å². The van der Waals surface area contributed by atoms with Gasteiger partial charge in [-0.3, -0.25) is 14.5 Å². The number of amides is 2. The fraction of sp³-hybridized carbons (Fsp3) is 0.250. The zero-order valence-corrected chi connectivity index (χ0v) is 15.3. The Balaban J connectivity index is 1.61. The molecule has 1 atom stereocenters. The second-order valence-corrected chi connectivity index (χ2v) is 6.26. The molecular formula is C20H20N2O6. The summed E-state index contributed by atoms with van der Waals surface area (Å²) in [5.41, 5.74) is 1.31. The highest BCUT2D eigenvalue weighted by Gasteiger charge is 2.32. The molecule has 0 saturated heterocycles. The molecule has 8 nitrogen and oxygen atoms in total. The molecule has 8 heteroatoms. The molecule has 0 saturated carbocycles. The van der Waals surface area contributed by atoms with Crippen LogP contribution in [0.15, 0.2) is 48.5 Å². The van der Waals surface area contributed by atoms with E-state index in [1.165, 1.54) is 4.90 Å². The first kappa shape index (κ1) is 19.2. The molecule has 1 unspecified atom stereocenters. The average molecular weight is 384 g/mol. The van der Waals surface area contributed by atoms with Gasteiger partial charge in [-0.05, 0) is 36.8 Å². The van der Waals surface area contributed by atoms with Crippen LogP contribution >= 0.6 is 0 Å². The van der Waals surface area contributed by atoms with Crippen molar-refractivity contribution >= 4 is 23.5 Å². The highest BCUT2D eigenvalue weighted by Crippen LogP contribution is 2.33. The van der Waals surface area contributed by atoms with Crippen molar-refractivity contribution in [3.63, 3.8) is 0 Å². The zero-order chi connectivity index (χ0) is 20.1. The molecule has 0 spiro atoms. The van der Waals surface area contributed by atoms with Gasteiger partial charge in [-0.15, -0.1) is 0 Å². The Morgan fingerprint density at radius 3 is 2.79 bits per heavy atom. The largest absolute Gasteiger partial charge is 0.482 e. The maximum absolute atomic E-state index is 12.4. The van der Waals surface area contributed by atoms with Crippen LogP contribution < -0.4 is 19.7 Å². The summed E-state index contributed by atoms with van der Waals surface area (Å²) in [6.07, 6.45) is -0.661. The molecule has 0 aliphatic carbocycles. The molecule has 146 valence electrons. The molecule has 0 fully saturated rings. The predicted octanol–water partition coefficient (Wildman–Crippen LogP) is 1.58. The number of hydrogen-bond acceptors (Lipinski definition) is 5. The van der Waals surface area contributed by atoms with Gasteiger partial charge in [0.05, 0.1) is 5.69 Å². The third-order valence-corrected chi connectivity index (χ3v) is 4.13. The highest BCUT2D eigenvalue weighted by molar-refractivity contribution is 6.03. The highest BCUT2D eigenvalue weighted by atomic mass is 16.5. The van der Waals surface area contributed by atoms with Gasteiger partial charge in [0.15, 0.2) is 12.7 Å². The van der Waals surface area contributed by atoms with Gasteiger partial charge in [-0.2, -0.15) is 0 Å². The van der Waals surface area contributed by atoms with Gasteiger partial charge in [0, 0.05) is 6.54 Å². The lowest BCUT2D eigenvalue weighted by atomic mass is 10.2. The van der Waals surface area contributed by atoms with Crippen molar-refractivity contribution in [2.75, 3.05) is 18.1 Å². The number of nitrogens with one attached hydrogen (secondary N) is 1. The number of carboxylic acids is 1. The molecule has 1 aliphatic heterocycles. The molecule has 28 heavy (non-hydrogen) atoms. The molecule has 1 aliphatic rings. The second kappa shape index (κ2) is 8.43. The van der Waals surface area contributed by atoms with Crippen molar-refractivity contribution in [3.8, 4) is 11.5 Å². The quantitative estimate of drug-likeness (QED) is 0.751. The summed E-state index contributed by atoms with van der Waals surface area (Å²) in [6.45, 7) is 1.30. The third-order valence-electron chi connectivity index (χ3n) is 4.13. The van der Waals surface area contributed by atoms with Crippen LogP contribution in [0.1, 0.15) is 12.5 Å². The van der Waals surface area contributed by atoms with Gasteiger partial charge in [0.25, 0.3) is 5.91 Å². The van der Waals surface area contributed by atoms with Crippen LogP contribution in [-0.4, -0.2) is 42.1 Å². The van der Waals surface area contributed by atoms with Gasteiger partial charge < -0.3 is 19.9 Å². The number of para-hydroxylation sites is 2. The van der Waals surface area contributed by atoms with Crippen molar-refractivity contribution in [3.05, 3.63) is 54.1 Å². The normalized spacial score (nSPS) is 15.4. The van der Waals surface area contributed by atoms with E-state index >= 15 is 0 Å². The predicted molar refractivity (Wildman–Crippen MR) is 100 cm³/mol. The Morgan fingerprint density at radius 2 is 2.00 bits per heavy atom. The lowest BCUT2D eigenvalue weighted by Crippen LogP contribution is -2.48. The van der Waals surface area contributed by atoms with Crippen molar-refractivity contribution in [2.24, 2.45) is 0 Å². The Bertz CT molecular complexity index is 898. The number of aliphatic carboxylic acids is 1. The molecular weight excluding hydrogens is 364 g/mol. The molecule has 2 N–H and O–H groups in total. The summed E-state index contributed by atoms with van der Waals surface area (Å²) in [6, 6.07) is 13.9. The summed E-state index contributed by atoms with van der Waals surface area (Å²) < 4.78 is 10.7. The molecule has 3 rings (SSSR count). The van der Waals surface area contributed by atoms with Crippen molar-refractivity contribution in [2.45, 2.75) is 19.6 Å². The summed E-state index contributed by atoms with van der Waals surface area (Å²) in [5, 5.41) is 11.4. The summed E-state index contributed by atoms with van der Waals surface area (Å²) >= 11 is 0. The van der Waals surface area contributed by atoms with E-state index < -0.39 is 18.7 Å². The number of anilines is 1. The van der Waals surface area contributed by atoms with Crippen LogP contribution in [0.25, 0.3) is 0 Å². The summed E-state index contributed by atoms with van der Waals surface area (Å²) in [7, 11) is 0. The van der Waals surface area contributed by atoms with E-state index in [2.05, 4.69) is 5.32 Å². The van der Waals surface area contributed by atoms with Gasteiger partial charge in [0.1, 0.15) is 18.0 Å². The minimum atomic E-state index is -1.07. The third kappa shape index (κ3) is 4.59. The molecule has 2 aromatic carbocycles. The van der Waals surface area contributed by atoms with Crippen LogP contribution in [0.4, 0.5) is 5.69 Å². The Hall–Kier alpha value is -3.55. The van der Waals surface area contributed by atoms with Gasteiger partial charge in [-0.25, -0.2) is 4.79 Å². The monoisotopic (exact) mass is 384 g/mol. The van der Waals surface area contributed by atoms with Crippen molar-refractivity contribution in [1.29, 1.82) is 0 Å². The first-order valence-electron chi connectivity index (χ1n) is 8.71. The maximum atomic E-state index is 12.4. The van der Waals surface area contributed by atoms with E-state index in [-0.39, 0.29) is 24.9 Å². The van der Waals surface area contributed by atoms with E-state index in [4.69, 9.17) is 14.6 Å². The van der Waals surface area contributed by atoms with E-state index in [0.717, 1.165) is 5.56 Å². The molecule has 0 radical (unpaired) electrons. The Morgan fingerprint density at radius 1 is 1.21 bits per heavy atom. The minimum absolute atomic E-state index is 0.126. The van der Waals surface area contributed by atoms with Crippen LogP contribution in [0.2, 0.25) is 0 Å². The molecule has 0 bridgehead atoms. The number of carbonyl (C=O) groups is 3. The van der Waals surface area contributed by atoms with E-state index in [1.54, 1.807) is 55.5 Å². The van der Waals surface area contributed by atoms with E-state index in [1.807, 2.05) is 0 Å². The summed E-state index contributed by atoms with van der Waals surface area (Å²) in [4.78, 5) is 36.8. The number of ether oxygens (including phenoxy) is 2. The number of hydrogen-bond donors (Lipinski definition) is 2. The van der Waals surface area contributed by atoms with Crippen LogP contribution in [0.5, 0.6) is 11.5 Å². The lowest BCUT2D eigenvalue weighted by Gasteiger charge is -2.32. The molecule has 0 aromatic heterocycles. The summed E-state index contributed by atoms with van der Waals surface area (Å²) in [5.74, 6) is -0.707. The van der Waals surface area contributed by atoms with E-state index in [0.29, 0.717) is 17.2 Å².